The number of aliphatic imine (C=N–C) groups is 1. The van der Waals surface area contributed by atoms with E-state index in [0.717, 1.165) is 24.5 Å². The van der Waals surface area contributed by atoms with Gasteiger partial charge in [0.05, 0.1) is 19.7 Å². The molecule has 152 valence electrons. The zero-order valence-corrected chi connectivity index (χ0v) is 19.1. The van der Waals surface area contributed by atoms with Gasteiger partial charge in [0.1, 0.15) is 5.75 Å². The van der Waals surface area contributed by atoms with Crippen LogP contribution in [-0.2, 0) is 0 Å². The second-order valence-corrected chi connectivity index (χ2v) is 7.11. The maximum absolute atomic E-state index is 6.16. The lowest BCUT2D eigenvalue weighted by Gasteiger charge is -2.34. The van der Waals surface area contributed by atoms with Crippen LogP contribution in [0.25, 0.3) is 0 Å². The summed E-state index contributed by atoms with van der Waals surface area (Å²) in [6, 6.07) is 16.7. The molecule has 0 saturated carbocycles. The van der Waals surface area contributed by atoms with Gasteiger partial charge in [-0.2, -0.15) is 0 Å². The molecule has 1 aliphatic heterocycles. The van der Waals surface area contributed by atoms with Crippen molar-refractivity contribution in [1.82, 2.24) is 4.90 Å². The summed E-state index contributed by atoms with van der Waals surface area (Å²) < 4.78 is 5.30. The van der Waals surface area contributed by atoms with Gasteiger partial charge in [0.2, 0.25) is 0 Å². The van der Waals surface area contributed by atoms with Gasteiger partial charge >= 0.3 is 0 Å². The molecule has 2 aromatic carbocycles. The van der Waals surface area contributed by atoms with E-state index in [2.05, 4.69) is 46.4 Å². The minimum absolute atomic E-state index is 0. The summed E-state index contributed by atoms with van der Waals surface area (Å²) in [7, 11) is 1.69. The average molecular weight is 494 g/mol. The van der Waals surface area contributed by atoms with Crippen LogP contribution in [0.3, 0.4) is 0 Å². The fraction of sp³-hybridized carbons (Fsp3) is 0.409. The van der Waals surface area contributed by atoms with Gasteiger partial charge in [-0.25, -0.2) is 0 Å². The molecular formula is C22H31IN4O. The van der Waals surface area contributed by atoms with Crippen LogP contribution in [0.15, 0.2) is 53.5 Å². The van der Waals surface area contributed by atoms with Crippen molar-refractivity contribution in [2.24, 2.45) is 10.7 Å². The van der Waals surface area contributed by atoms with Gasteiger partial charge in [-0.1, -0.05) is 30.7 Å². The number of nitrogens with one attached hydrogen (secondary N) is 1. The van der Waals surface area contributed by atoms with E-state index >= 15 is 0 Å². The first kappa shape index (κ1) is 22.5. The maximum atomic E-state index is 6.16. The van der Waals surface area contributed by atoms with Gasteiger partial charge in [0.15, 0.2) is 5.96 Å². The number of hydrogen-bond donors (Lipinski definition) is 2. The van der Waals surface area contributed by atoms with E-state index in [1.54, 1.807) is 7.11 Å². The molecule has 1 heterocycles. The van der Waals surface area contributed by atoms with Crippen LogP contribution in [-0.4, -0.2) is 37.6 Å². The Hall–Kier alpha value is -1.80. The highest BCUT2D eigenvalue weighted by Crippen LogP contribution is 2.26. The maximum Gasteiger partial charge on any atom is 0.193 e. The highest BCUT2D eigenvalue weighted by molar-refractivity contribution is 14.0. The number of nitrogens with two attached hydrogens (primary N) is 1. The van der Waals surface area contributed by atoms with Gasteiger partial charge in [0, 0.05) is 5.69 Å². The normalized spacial score (nSPS) is 16.1. The molecule has 0 spiro atoms. The lowest BCUT2D eigenvalue weighted by Crippen LogP contribution is -2.36. The first-order valence-electron chi connectivity index (χ1n) is 9.67. The second kappa shape index (κ2) is 11.3. The predicted octanol–water partition coefficient (Wildman–Crippen LogP) is 4.58. The fourth-order valence-corrected chi connectivity index (χ4v) is 3.58. The molecule has 1 fully saturated rings. The van der Waals surface area contributed by atoms with Crippen LogP contribution in [0.2, 0.25) is 0 Å². The van der Waals surface area contributed by atoms with E-state index in [-0.39, 0.29) is 30.0 Å². The Balaban J connectivity index is 0.00000280. The molecule has 3 N–H and O–H groups in total. The first-order valence-corrected chi connectivity index (χ1v) is 9.67. The number of anilines is 1. The number of likely N-dealkylation sites (tertiary alicyclic amines) is 1. The Kier molecular flexibility index (Phi) is 9.05. The predicted molar refractivity (Wildman–Crippen MR) is 128 cm³/mol. The smallest absolute Gasteiger partial charge is 0.193 e. The number of nitrogens with zero attached hydrogens (tertiary/aromatic N) is 2. The number of rotatable bonds is 6. The molecule has 0 amide bonds. The van der Waals surface area contributed by atoms with E-state index in [0.29, 0.717) is 12.5 Å². The molecular weight excluding hydrogens is 463 g/mol. The van der Waals surface area contributed by atoms with E-state index in [1.165, 1.54) is 30.4 Å². The molecule has 0 bridgehead atoms. The third kappa shape index (κ3) is 6.38. The van der Waals surface area contributed by atoms with Crippen molar-refractivity contribution in [3.63, 3.8) is 0 Å². The number of piperidine rings is 1. The Morgan fingerprint density at radius 3 is 2.50 bits per heavy atom. The van der Waals surface area contributed by atoms with Crippen molar-refractivity contribution in [2.45, 2.75) is 32.2 Å². The summed E-state index contributed by atoms with van der Waals surface area (Å²) in [5.41, 5.74) is 9.57. The van der Waals surface area contributed by atoms with Crippen molar-refractivity contribution in [2.75, 3.05) is 32.1 Å². The lowest BCUT2D eigenvalue weighted by atomic mass is 10.0. The van der Waals surface area contributed by atoms with Crippen LogP contribution in [0, 0.1) is 6.92 Å². The molecule has 1 unspecified atom stereocenters. The van der Waals surface area contributed by atoms with Gasteiger partial charge in [-0.3, -0.25) is 9.89 Å². The minimum atomic E-state index is 0. The quantitative estimate of drug-likeness (QED) is 0.351. The van der Waals surface area contributed by atoms with Crippen molar-refractivity contribution >= 4 is 35.6 Å². The van der Waals surface area contributed by atoms with E-state index < -0.39 is 0 Å². The van der Waals surface area contributed by atoms with Crippen molar-refractivity contribution in [3.8, 4) is 5.75 Å². The Bertz CT molecular complexity index is 757. The zero-order chi connectivity index (χ0) is 19.1. The Labute approximate surface area is 185 Å². The van der Waals surface area contributed by atoms with Gasteiger partial charge in [0.25, 0.3) is 0 Å². The minimum Gasteiger partial charge on any atom is -0.497 e. The summed E-state index contributed by atoms with van der Waals surface area (Å²) in [6.45, 7) is 4.92. The molecule has 28 heavy (non-hydrogen) atoms. The molecule has 2 aromatic rings. The largest absolute Gasteiger partial charge is 0.497 e. The number of methoxy groups -OCH3 is 1. The van der Waals surface area contributed by atoms with Crippen molar-refractivity contribution < 1.29 is 4.74 Å². The van der Waals surface area contributed by atoms with E-state index in [9.17, 15) is 0 Å². The summed E-state index contributed by atoms with van der Waals surface area (Å²) >= 11 is 0. The highest BCUT2D eigenvalue weighted by atomic mass is 127. The second-order valence-electron chi connectivity index (χ2n) is 7.11. The van der Waals surface area contributed by atoms with E-state index in [4.69, 9.17) is 10.5 Å². The molecule has 1 atom stereocenters. The standard InChI is InChI=1S/C22H30N4O.HI/c1-17-7-6-8-19(15-17)25-22(23)24-16-21(26-13-4-3-5-14-26)18-9-11-20(27-2)12-10-18;/h6-12,15,21H,3-5,13-14,16H2,1-2H3,(H3,23,24,25);1H. The van der Waals surface area contributed by atoms with Crippen LogP contribution in [0.5, 0.6) is 5.75 Å². The van der Waals surface area contributed by atoms with Gasteiger partial charge < -0.3 is 15.8 Å². The van der Waals surface area contributed by atoms with Crippen molar-refractivity contribution in [3.05, 3.63) is 59.7 Å². The number of ether oxygens (including phenoxy) is 1. The topological polar surface area (TPSA) is 62.9 Å². The van der Waals surface area contributed by atoms with Crippen LogP contribution < -0.4 is 15.8 Å². The highest BCUT2D eigenvalue weighted by Gasteiger charge is 2.22. The SMILES string of the molecule is COc1ccc(C(CN=C(N)Nc2cccc(C)c2)N2CCCCC2)cc1.I. The van der Waals surface area contributed by atoms with Crippen LogP contribution in [0.1, 0.15) is 36.4 Å². The van der Waals surface area contributed by atoms with Crippen molar-refractivity contribution in [1.29, 1.82) is 0 Å². The molecule has 3 rings (SSSR count). The fourth-order valence-electron chi connectivity index (χ4n) is 3.58. The molecule has 0 aromatic heterocycles. The zero-order valence-electron chi connectivity index (χ0n) is 16.7. The molecule has 1 saturated heterocycles. The summed E-state index contributed by atoms with van der Waals surface area (Å²) in [5, 5.41) is 3.20. The third-order valence-corrected chi connectivity index (χ3v) is 5.06. The molecule has 6 heteroatoms. The van der Waals surface area contributed by atoms with Gasteiger partial charge in [-0.05, 0) is 68.2 Å². The number of guanidine groups is 1. The summed E-state index contributed by atoms with van der Waals surface area (Å²) in [5.74, 6) is 1.33. The Morgan fingerprint density at radius 1 is 1.14 bits per heavy atom. The Morgan fingerprint density at radius 2 is 1.86 bits per heavy atom. The molecule has 5 nitrogen and oxygen atoms in total. The van der Waals surface area contributed by atoms with Gasteiger partial charge in [-0.15, -0.1) is 24.0 Å². The summed E-state index contributed by atoms with van der Waals surface area (Å²) in [6.07, 6.45) is 3.80. The average Bonchev–Trinajstić information content (AvgIpc) is 2.69. The third-order valence-electron chi connectivity index (χ3n) is 5.06. The molecule has 0 radical (unpaired) electrons. The summed E-state index contributed by atoms with van der Waals surface area (Å²) in [4.78, 5) is 7.18. The van der Waals surface area contributed by atoms with Crippen LogP contribution in [0.4, 0.5) is 5.69 Å². The first-order chi connectivity index (χ1) is 13.2. The molecule has 1 aliphatic rings. The number of halogens is 1. The number of aryl methyl sites for hydroxylation is 1. The lowest BCUT2D eigenvalue weighted by molar-refractivity contribution is 0.168. The number of benzene rings is 2. The monoisotopic (exact) mass is 494 g/mol. The van der Waals surface area contributed by atoms with E-state index in [1.807, 2.05) is 24.3 Å². The van der Waals surface area contributed by atoms with Crippen LogP contribution >= 0.6 is 24.0 Å². The molecule has 0 aliphatic carbocycles. The number of hydrogen-bond acceptors (Lipinski definition) is 3.